The molecule has 0 radical (unpaired) electrons. The van der Waals surface area contributed by atoms with Crippen LogP contribution in [0.4, 0.5) is 4.39 Å². The van der Waals surface area contributed by atoms with Crippen LogP contribution in [-0.4, -0.2) is 30.8 Å². The first-order valence-corrected chi connectivity index (χ1v) is 7.85. The molecule has 1 aromatic rings. The van der Waals surface area contributed by atoms with Gasteiger partial charge in [-0.05, 0) is 55.7 Å². The van der Waals surface area contributed by atoms with Crippen molar-refractivity contribution in [2.24, 2.45) is 5.92 Å². The molecule has 4 nitrogen and oxygen atoms in total. The third kappa shape index (κ3) is 4.70. The Morgan fingerprint density at radius 2 is 2.09 bits per heavy atom. The highest BCUT2D eigenvalue weighted by molar-refractivity contribution is 5.76. The van der Waals surface area contributed by atoms with Gasteiger partial charge in [0.1, 0.15) is 0 Å². The van der Waals surface area contributed by atoms with Gasteiger partial charge in [-0.25, -0.2) is 4.39 Å². The lowest BCUT2D eigenvalue weighted by molar-refractivity contribution is -0.122. The SMILES string of the molecule is COc1ccc(CCC(=O)NC2CCC(CO)CC2)cc1F. The molecule has 1 aliphatic carbocycles. The minimum Gasteiger partial charge on any atom is -0.494 e. The van der Waals surface area contributed by atoms with Crippen molar-refractivity contribution in [1.29, 1.82) is 0 Å². The predicted molar refractivity (Wildman–Crippen MR) is 82.2 cm³/mol. The van der Waals surface area contributed by atoms with E-state index in [1.165, 1.54) is 13.2 Å². The summed E-state index contributed by atoms with van der Waals surface area (Å²) in [5.74, 6) is 0.204. The zero-order chi connectivity index (χ0) is 15.9. The highest BCUT2D eigenvalue weighted by Gasteiger charge is 2.21. The Bertz CT molecular complexity index is 499. The van der Waals surface area contributed by atoms with Gasteiger partial charge in [-0.2, -0.15) is 0 Å². The fourth-order valence-electron chi connectivity index (χ4n) is 2.91. The van der Waals surface area contributed by atoms with Gasteiger partial charge in [-0.15, -0.1) is 0 Å². The molecule has 5 heteroatoms. The molecule has 1 aliphatic rings. The maximum absolute atomic E-state index is 13.6. The molecule has 0 spiro atoms. The molecule has 2 N–H and O–H groups in total. The number of aryl methyl sites for hydroxylation is 1. The number of ether oxygens (including phenoxy) is 1. The fraction of sp³-hybridized carbons (Fsp3) is 0.588. The zero-order valence-electron chi connectivity index (χ0n) is 13.0. The second kappa shape index (κ2) is 8.13. The van der Waals surface area contributed by atoms with Gasteiger partial charge in [0.25, 0.3) is 0 Å². The Morgan fingerprint density at radius 3 is 2.68 bits per heavy atom. The summed E-state index contributed by atoms with van der Waals surface area (Å²) in [7, 11) is 1.43. The molecule has 0 aliphatic heterocycles. The molecule has 0 saturated heterocycles. The standard InChI is InChI=1S/C17H24FNO3/c1-22-16-8-4-12(10-15(16)18)5-9-17(21)19-14-6-2-13(11-20)3-7-14/h4,8,10,13-14,20H,2-3,5-7,9,11H2,1H3,(H,19,21). The molecule has 22 heavy (non-hydrogen) atoms. The Kier molecular flexibility index (Phi) is 6.19. The second-order valence-electron chi connectivity index (χ2n) is 5.94. The first-order chi connectivity index (χ1) is 10.6. The van der Waals surface area contributed by atoms with Crippen molar-refractivity contribution in [2.45, 2.75) is 44.6 Å². The van der Waals surface area contributed by atoms with Gasteiger partial charge in [-0.3, -0.25) is 4.79 Å². The summed E-state index contributed by atoms with van der Waals surface area (Å²) in [6.07, 6.45) is 4.64. The van der Waals surface area contributed by atoms with E-state index in [0.29, 0.717) is 18.8 Å². The van der Waals surface area contributed by atoms with Crippen LogP contribution < -0.4 is 10.1 Å². The van der Waals surface area contributed by atoms with Gasteiger partial charge in [0, 0.05) is 19.1 Å². The summed E-state index contributed by atoms with van der Waals surface area (Å²) in [5.41, 5.74) is 0.789. The minimum absolute atomic E-state index is 0.00340. The van der Waals surface area contributed by atoms with Crippen molar-refractivity contribution in [1.82, 2.24) is 5.32 Å². The highest BCUT2D eigenvalue weighted by atomic mass is 19.1. The number of benzene rings is 1. The van der Waals surface area contributed by atoms with Crippen LogP contribution in [0.2, 0.25) is 0 Å². The normalized spacial score (nSPS) is 21.4. The Labute approximate surface area is 130 Å². The summed E-state index contributed by atoms with van der Waals surface area (Å²) in [5, 5.41) is 12.1. The molecule has 0 aromatic heterocycles. The number of aliphatic hydroxyl groups is 1. The third-order valence-corrected chi connectivity index (χ3v) is 4.33. The van der Waals surface area contributed by atoms with Crippen molar-refractivity contribution in [2.75, 3.05) is 13.7 Å². The van der Waals surface area contributed by atoms with Crippen LogP contribution in [0.3, 0.4) is 0 Å². The second-order valence-corrected chi connectivity index (χ2v) is 5.94. The molecular formula is C17H24FNO3. The number of halogens is 1. The molecule has 0 bridgehead atoms. The van der Waals surface area contributed by atoms with Gasteiger partial charge in [0.2, 0.25) is 5.91 Å². The zero-order valence-corrected chi connectivity index (χ0v) is 13.0. The number of nitrogens with one attached hydrogen (secondary N) is 1. The fourth-order valence-corrected chi connectivity index (χ4v) is 2.91. The summed E-state index contributed by atoms with van der Waals surface area (Å²) < 4.78 is 18.4. The average molecular weight is 309 g/mol. The quantitative estimate of drug-likeness (QED) is 0.848. The number of hydrogen-bond donors (Lipinski definition) is 2. The Balaban J connectivity index is 1.75. The minimum atomic E-state index is -0.400. The number of carbonyl (C=O) groups excluding carboxylic acids is 1. The van der Waals surface area contributed by atoms with Gasteiger partial charge >= 0.3 is 0 Å². The first-order valence-electron chi connectivity index (χ1n) is 7.85. The number of hydrogen-bond acceptors (Lipinski definition) is 3. The molecule has 1 amide bonds. The van der Waals surface area contributed by atoms with E-state index in [4.69, 9.17) is 9.84 Å². The van der Waals surface area contributed by atoms with Crippen LogP contribution >= 0.6 is 0 Å². The summed E-state index contributed by atoms with van der Waals surface area (Å²) in [4.78, 5) is 12.0. The van der Waals surface area contributed by atoms with Crippen LogP contribution in [0.15, 0.2) is 18.2 Å². The molecule has 0 atom stereocenters. The molecule has 2 rings (SSSR count). The molecule has 122 valence electrons. The topological polar surface area (TPSA) is 58.6 Å². The maximum Gasteiger partial charge on any atom is 0.220 e. The summed E-state index contributed by atoms with van der Waals surface area (Å²) in [6.45, 7) is 0.240. The molecular weight excluding hydrogens is 285 g/mol. The molecule has 0 heterocycles. The maximum atomic E-state index is 13.6. The van der Waals surface area contributed by atoms with Crippen molar-refractivity contribution in [3.63, 3.8) is 0 Å². The van der Waals surface area contributed by atoms with E-state index in [9.17, 15) is 9.18 Å². The van der Waals surface area contributed by atoms with E-state index >= 15 is 0 Å². The van der Waals surface area contributed by atoms with Crippen molar-refractivity contribution in [3.8, 4) is 5.75 Å². The van der Waals surface area contributed by atoms with Gasteiger partial charge < -0.3 is 15.2 Å². The van der Waals surface area contributed by atoms with E-state index in [1.807, 2.05) is 0 Å². The molecule has 1 saturated carbocycles. The Hall–Kier alpha value is -1.62. The summed E-state index contributed by atoms with van der Waals surface area (Å²) in [6, 6.07) is 4.99. The van der Waals surface area contributed by atoms with E-state index < -0.39 is 5.82 Å². The first kappa shape index (κ1) is 16.7. The van der Waals surface area contributed by atoms with Gasteiger partial charge in [-0.1, -0.05) is 6.07 Å². The lowest BCUT2D eigenvalue weighted by Gasteiger charge is -2.27. The van der Waals surface area contributed by atoms with Crippen LogP contribution in [0.25, 0.3) is 0 Å². The highest BCUT2D eigenvalue weighted by Crippen LogP contribution is 2.24. The van der Waals surface area contributed by atoms with Crippen LogP contribution in [0, 0.1) is 11.7 Å². The largest absolute Gasteiger partial charge is 0.494 e. The lowest BCUT2D eigenvalue weighted by atomic mass is 9.86. The average Bonchev–Trinajstić information content (AvgIpc) is 2.54. The van der Waals surface area contributed by atoms with Crippen LogP contribution in [-0.2, 0) is 11.2 Å². The number of methoxy groups -OCH3 is 1. The van der Waals surface area contributed by atoms with Gasteiger partial charge in [0.15, 0.2) is 11.6 Å². The van der Waals surface area contributed by atoms with E-state index in [2.05, 4.69) is 5.32 Å². The van der Waals surface area contributed by atoms with Crippen LogP contribution in [0.1, 0.15) is 37.7 Å². The lowest BCUT2D eigenvalue weighted by Crippen LogP contribution is -2.38. The molecule has 0 unspecified atom stereocenters. The Morgan fingerprint density at radius 1 is 1.36 bits per heavy atom. The third-order valence-electron chi connectivity index (χ3n) is 4.33. The number of rotatable bonds is 6. The van der Waals surface area contributed by atoms with Gasteiger partial charge in [0.05, 0.1) is 7.11 Å². The van der Waals surface area contributed by atoms with Crippen LogP contribution in [0.5, 0.6) is 5.75 Å². The number of amides is 1. The van der Waals surface area contributed by atoms with Crippen molar-refractivity contribution in [3.05, 3.63) is 29.6 Å². The number of aliphatic hydroxyl groups excluding tert-OH is 1. The monoisotopic (exact) mass is 309 g/mol. The van der Waals surface area contributed by atoms with Crippen molar-refractivity contribution < 1.29 is 19.0 Å². The van der Waals surface area contributed by atoms with E-state index in [1.54, 1.807) is 12.1 Å². The van der Waals surface area contributed by atoms with Crippen molar-refractivity contribution >= 4 is 5.91 Å². The summed E-state index contributed by atoms with van der Waals surface area (Å²) >= 11 is 0. The predicted octanol–water partition coefficient (Wildman–Crippen LogP) is 2.43. The molecule has 1 fully saturated rings. The van der Waals surface area contributed by atoms with E-state index in [-0.39, 0.29) is 24.3 Å². The molecule has 1 aromatic carbocycles. The number of carbonyl (C=O) groups is 1. The smallest absolute Gasteiger partial charge is 0.220 e. The van der Waals surface area contributed by atoms with E-state index in [0.717, 1.165) is 31.2 Å².